The number of phenolic OH excluding ortho intramolecular Hbond substituents is 1. The minimum Gasteiger partial charge on any atom is -0.507 e. The van der Waals surface area contributed by atoms with E-state index in [-0.39, 0.29) is 36.1 Å². The molecule has 2 fully saturated rings. The molecule has 6 nitrogen and oxygen atoms in total. The Morgan fingerprint density at radius 3 is 2.20 bits per heavy atom. The van der Waals surface area contributed by atoms with Gasteiger partial charge in [-0.1, -0.05) is 12.1 Å². The fourth-order valence-corrected chi connectivity index (χ4v) is 3.73. The molecule has 0 saturated carbocycles. The molecule has 0 amide bonds. The van der Waals surface area contributed by atoms with Crippen LogP contribution in [0, 0.1) is 0 Å². The van der Waals surface area contributed by atoms with Crippen molar-refractivity contribution in [2.75, 3.05) is 13.2 Å². The van der Waals surface area contributed by atoms with Gasteiger partial charge in [0.2, 0.25) is 0 Å². The SMILES string of the molecule is O=C(Cc1cccc(O[C@H]2CCCCO2)c1)c1cc(O[C@@H]2CCCCO2)ccc1O. The Balaban J connectivity index is 1.41. The van der Waals surface area contributed by atoms with Crippen molar-refractivity contribution in [2.24, 2.45) is 0 Å². The van der Waals surface area contributed by atoms with Crippen LogP contribution >= 0.6 is 0 Å². The molecule has 2 aromatic rings. The number of carbonyl (C=O) groups excluding carboxylic acids is 1. The highest BCUT2D eigenvalue weighted by molar-refractivity contribution is 6.00. The number of carbonyl (C=O) groups is 1. The van der Waals surface area contributed by atoms with Gasteiger partial charge in [-0.3, -0.25) is 4.79 Å². The quantitative estimate of drug-likeness (QED) is 0.669. The maximum absolute atomic E-state index is 12.9. The predicted molar refractivity (Wildman–Crippen MR) is 111 cm³/mol. The van der Waals surface area contributed by atoms with Gasteiger partial charge in [-0.15, -0.1) is 0 Å². The minimum atomic E-state index is -0.304. The van der Waals surface area contributed by atoms with Crippen LogP contribution in [0.4, 0.5) is 0 Å². The smallest absolute Gasteiger partial charge is 0.199 e. The van der Waals surface area contributed by atoms with Crippen LogP contribution in [-0.2, 0) is 15.9 Å². The first-order chi connectivity index (χ1) is 14.7. The van der Waals surface area contributed by atoms with E-state index in [1.165, 1.54) is 6.07 Å². The first-order valence-electron chi connectivity index (χ1n) is 10.7. The molecular weight excluding hydrogens is 384 g/mol. The number of aromatic hydroxyl groups is 1. The molecule has 0 bridgehead atoms. The van der Waals surface area contributed by atoms with Crippen molar-refractivity contribution in [1.82, 2.24) is 0 Å². The Hall–Kier alpha value is -2.57. The number of rotatable bonds is 7. The highest BCUT2D eigenvalue weighted by atomic mass is 16.7. The Kier molecular flexibility index (Phi) is 6.87. The number of benzene rings is 2. The lowest BCUT2D eigenvalue weighted by Gasteiger charge is -2.24. The van der Waals surface area contributed by atoms with E-state index in [9.17, 15) is 9.90 Å². The number of hydrogen-bond acceptors (Lipinski definition) is 6. The predicted octanol–water partition coefficient (Wildman–Crippen LogP) is 4.63. The first-order valence-corrected chi connectivity index (χ1v) is 10.7. The van der Waals surface area contributed by atoms with Crippen molar-refractivity contribution in [3.05, 3.63) is 53.6 Å². The van der Waals surface area contributed by atoms with Crippen LogP contribution in [-0.4, -0.2) is 36.7 Å². The fraction of sp³-hybridized carbons (Fsp3) is 0.458. The van der Waals surface area contributed by atoms with Crippen molar-refractivity contribution in [3.8, 4) is 17.2 Å². The van der Waals surface area contributed by atoms with Crippen LogP contribution in [0.3, 0.4) is 0 Å². The number of hydrogen-bond donors (Lipinski definition) is 1. The van der Waals surface area contributed by atoms with Crippen molar-refractivity contribution in [2.45, 2.75) is 57.5 Å². The molecule has 2 aliphatic rings. The summed E-state index contributed by atoms with van der Waals surface area (Å²) >= 11 is 0. The van der Waals surface area contributed by atoms with Crippen molar-refractivity contribution in [1.29, 1.82) is 0 Å². The minimum absolute atomic E-state index is 0.0556. The molecule has 30 heavy (non-hydrogen) atoms. The van der Waals surface area contributed by atoms with Crippen LogP contribution < -0.4 is 9.47 Å². The van der Waals surface area contributed by atoms with E-state index >= 15 is 0 Å². The second-order valence-electron chi connectivity index (χ2n) is 7.75. The summed E-state index contributed by atoms with van der Waals surface area (Å²) in [7, 11) is 0. The van der Waals surface area contributed by atoms with Crippen molar-refractivity contribution in [3.63, 3.8) is 0 Å². The van der Waals surface area contributed by atoms with E-state index in [0.29, 0.717) is 24.7 Å². The average molecular weight is 412 g/mol. The van der Waals surface area contributed by atoms with Gasteiger partial charge in [0.25, 0.3) is 0 Å². The third kappa shape index (κ3) is 5.52. The highest BCUT2D eigenvalue weighted by Crippen LogP contribution is 2.27. The Morgan fingerprint density at radius 1 is 0.900 bits per heavy atom. The molecule has 2 aliphatic heterocycles. The standard InChI is InChI=1S/C24H28O6/c25-21-11-10-19(30-24-9-2-4-13-28-24)16-20(21)22(26)15-17-6-5-7-18(14-17)29-23-8-1-3-12-27-23/h5-7,10-11,14,16,23-25H,1-4,8-9,12-13,15H2/t23-,24+/m0/s1. The second-order valence-corrected chi connectivity index (χ2v) is 7.75. The lowest BCUT2D eigenvalue weighted by atomic mass is 10.0. The van der Waals surface area contributed by atoms with Gasteiger partial charge in [0.05, 0.1) is 18.8 Å². The van der Waals surface area contributed by atoms with Crippen LogP contribution in [0.1, 0.15) is 54.4 Å². The van der Waals surface area contributed by atoms with Crippen molar-refractivity contribution < 1.29 is 28.8 Å². The topological polar surface area (TPSA) is 74.2 Å². The van der Waals surface area contributed by atoms with Gasteiger partial charge in [-0.2, -0.15) is 0 Å². The molecule has 2 atom stereocenters. The molecule has 0 radical (unpaired) electrons. The molecule has 6 heteroatoms. The number of Topliss-reactive ketones (excluding diaryl/α,β-unsaturated/α-hetero) is 1. The maximum Gasteiger partial charge on any atom is 0.199 e. The molecule has 4 rings (SSSR count). The highest BCUT2D eigenvalue weighted by Gasteiger charge is 2.19. The summed E-state index contributed by atoms with van der Waals surface area (Å²) in [5, 5.41) is 10.2. The zero-order valence-corrected chi connectivity index (χ0v) is 17.0. The number of phenols is 1. The monoisotopic (exact) mass is 412 g/mol. The van der Waals surface area contributed by atoms with Crippen molar-refractivity contribution >= 4 is 5.78 Å². The average Bonchev–Trinajstić information content (AvgIpc) is 2.77. The molecule has 160 valence electrons. The van der Waals surface area contributed by atoms with Gasteiger partial charge in [0, 0.05) is 19.3 Å². The van der Waals surface area contributed by atoms with Gasteiger partial charge in [-0.05, 0) is 61.6 Å². The zero-order chi connectivity index (χ0) is 20.8. The maximum atomic E-state index is 12.9. The van der Waals surface area contributed by atoms with E-state index in [1.54, 1.807) is 12.1 Å². The molecule has 2 aromatic carbocycles. The molecule has 2 saturated heterocycles. The Morgan fingerprint density at radius 2 is 1.57 bits per heavy atom. The Bertz CT molecular complexity index is 853. The van der Waals surface area contributed by atoms with Gasteiger partial charge in [-0.25, -0.2) is 0 Å². The first kappa shape index (κ1) is 20.7. The van der Waals surface area contributed by atoms with Gasteiger partial charge < -0.3 is 24.1 Å². The lowest BCUT2D eigenvalue weighted by molar-refractivity contribution is -0.106. The van der Waals surface area contributed by atoms with E-state index in [0.717, 1.165) is 44.1 Å². The third-order valence-corrected chi connectivity index (χ3v) is 5.34. The summed E-state index contributed by atoms with van der Waals surface area (Å²) in [6.07, 6.45) is 5.55. The summed E-state index contributed by atoms with van der Waals surface area (Å²) in [5.74, 6) is 0.964. The van der Waals surface area contributed by atoms with Gasteiger partial charge >= 0.3 is 0 Å². The second kappa shape index (κ2) is 9.96. The normalized spacial score (nSPS) is 21.7. The van der Waals surface area contributed by atoms with E-state index in [4.69, 9.17) is 18.9 Å². The van der Waals surface area contributed by atoms with Crippen LogP contribution in [0.5, 0.6) is 17.2 Å². The van der Waals surface area contributed by atoms with E-state index < -0.39 is 0 Å². The molecule has 0 aliphatic carbocycles. The lowest BCUT2D eigenvalue weighted by Crippen LogP contribution is -2.25. The Labute approximate surface area is 176 Å². The van der Waals surface area contributed by atoms with Crippen LogP contribution in [0.15, 0.2) is 42.5 Å². The van der Waals surface area contributed by atoms with Gasteiger partial charge in [0.1, 0.15) is 17.2 Å². The van der Waals surface area contributed by atoms with Gasteiger partial charge in [0.15, 0.2) is 18.4 Å². The van der Waals surface area contributed by atoms with Crippen LogP contribution in [0.25, 0.3) is 0 Å². The molecule has 0 aromatic heterocycles. The molecule has 1 N–H and O–H groups in total. The fourth-order valence-electron chi connectivity index (χ4n) is 3.73. The summed E-state index contributed by atoms with van der Waals surface area (Å²) in [6.45, 7) is 1.39. The summed E-state index contributed by atoms with van der Waals surface area (Å²) in [5.41, 5.74) is 1.06. The summed E-state index contributed by atoms with van der Waals surface area (Å²) in [6, 6.07) is 12.2. The summed E-state index contributed by atoms with van der Waals surface area (Å²) < 4.78 is 22.9. The third-order valence-electron chi connectivity index (χ3n) is 5.34. The molecule has 2 heterocycles. The largest absolute Gasteiger partial charge is 0.507 e. The molecule has 0 spiro atoms. The number of ketones is 1. The summed E-state index contributed by atoms with van der Waals surface area (Å²) in [4.78, 5) is 12.9. The van der Waals surface area contributed by atoms with E-state index in [1.807, 2.05) is 24.3 Å². The van der Waals surface area contributed by atoms with Crippen LogP contribution in [0.2, 0.25) is 0 Å². The van der Waals surface area contributed by atoms with E-state index in [2.05, 4.69) is 0 Å². The molecule has 0 unspecified atom stereocenters. The molecular formula is C24H28O6. The zero-order valence-electron chi connectivity index (χ0n) is 17.0. The number of ether oxygens (including phenoxy) is 4.